The molecule has 0 heterocycles. The van der Waals surface area contributed by atoms with Crippen LogP contribution in [0.3, 0.4) is 0 Å². The van der Waals surface area contributed by atoms with Gasteiger partial charge in [-0.3, -0.25) is 15.6 Å². The molecule has 0 spiro atoms. The summed E-state index contributed by atoms with van der Waals surface area (Å²) < 4.78 is 0. The van der Waals surface area contributed by atoms with Crippen molar-refractivity contribution in [1.29, 1.82) is 0 Å². The molecule has 0 saturated carbocycles. The topological polar surface area (TPSA) is 53.2 Å². The molecule has 1 rings (SSSR count). The number of amides is 1. The molecule has 0 aromatic heterocycles. The number of nitrogens with one attached hydrogen (secondary N) is 3. The van der Waals surface area contributed by atoms with Gasteiger partial charge in [0.15, 0.2) is 5.11 Å². The number of hydrogen-bond donors (Lipinski definition) is 3. The third-order valence-electron chi connectivity index (χ3n) is 2.17. The SMILES string of the molecule is Cc1ccccc1C(=O)NNC(=S)NC(C)(C)C. The minimum Gasteiger partial charge on any atom is -0.357 e. The van der Waals surface area contributed by atoms with Gasteiger partial charge < -0.3 is 5.32 Å². The molecule has 0 radical (unpaired) electrons. The van der Waals surface area contributed by atoms with Gasteiger partial charge in [0.2, 0.25) is 0 Å². The summed E-state index contributed by atoms with van der Waals surface area (Å²) in [5.74, 6) is -0.203. The molecule has 0 atom stereocenters. The number of rotatable bonds is 1. The fourth-order valence-corrected chi connectivity index (χ4v) is 1.74. The second-order valence-corrected chi connectivity index (χ2v) is 5.51. The van der Waals surface area contributed by atoms with Gasteiger partial charge in [0.1, 0.15) is 0 Å². The first-order valence-electron chi connectivity index (χ1n) is 5.74. The van der Waals surface area contributed by atoms with Crippen molar-refractivity contribution in [3.05, 3.63) is 35.4 Å². The zero-order valence-corrected chi connectivity index (χ0v) is 11.9. The molecule has 0 unspecified atom stereocenters. The lowest BCUT2D eigenvalue weighted by atomic mass is 10.1. The summed E-state index contributed by atoms with van der Waals surface area (Å²) in [6.07, 6.45) is 0. The molecule has 1 amide bonds. The largest absolute Gasteiger partial charge is 0.357 e. The first-order chi connectivity index (χ1) is 8.29. The van der Waals surface area contributed by atoms with Crippen LogP contribution >= 0.6 is 12.2 Å². The third kappa shape index (κ3) is 4.71. The highest BCUT2D eigenvalue weighted by Crippen LogP contribution is 2.05. The van der Waals surface area contributed by atoms with E-state index in [0.717, 1.165) is 5.56 Å². The zero-order chi connectivity index (χ0) is 13.8. The van der Waals surface area contributed by atoms with Crippen molar-refractivity contribution in [1.82, 2.24) is 16.2 Å². The summed E-state index contributed by atoms with van der Waals surface area (Å²) >= 11 is 5.07. The van der Waals surface area contributed by atoms with Crippen LogP contribution in [0.5, 0.6) is 0 Å². The first kappa shape index (κ1) is 14.4. The number of aryl methyl sites for hydroxylation is 1. The van der Waals surface area contributed by atoms with Crippen LogP contribution in [0, 0.1) is 6.92 Å². The standard InChI is InChI=1S/C13H19N3OS/c1-9-7-5-6-8-10(9)11(17)15-16-12(18)14-13(2,3)4/h5-8H,1-4H3,(H,15,17)(H2,14,16,18). The van der Waals surface area contributed by atoms with Gasteiger partial charge in [0, 0.05) is 11.1 Å². The van der Waals surface area contributed by atoms with Crippen molar-refractivity contribution in [2.24, 2.45) is 0 Å². The summed E-state index contributed by atoms with van der Waals surface area (Å²) in [5, 5.41) is 3.44. The van der Waals surface area contributed by atoms with E-state index in [4.69, 9.17) is 12.2 Å². The normalized spacial score (nSPS) is 10.7. The Balaban J connectivity index is 2.52. The average molecular weight is 265 g/mol. The van der Waals surface area contributed by atoms with Crippen molar-refractivity contribution in [3.63, 3.8) is 0 Å². The molecule has 0 saturated heterocycles. The number of hydrazine groups is 1. The van der Waals surface area contributed by atoms with Crippen LogP contribution in [0.1, 0.15) is 36.7 Å². The number of carbonyl (C=O) groups excluding carboxylic acids is 1. The van der Waals surface area contributed by atoms with E-state index < -0.39 is 0 Å². The van der Waals surface area contributed by atoms with Gasteiger partial charge >= 0.3 is 0 Å². The molecule has 5 heteroatoms. The summed E-state index contributed by atoms with van der Waals surface area (Å²) in [7, 11) is 0. The fraction of sp³-hybridized carbons (Fsp3) is 0.385. The zero-order valence-electron chi connectivity index (χ0n) is 11.1. The predicted molar refractivity (Wildman–Crippen MR) is 77.3 cm³/mol. The number of thiocarbonyl (C=S) groups is 1. The van der Waals surface area contributed by atoms with Crippen molar-refractivity contribution >= 4 is 23.2 Å². The van der Waals surface area contributed by atoms with Crippen LogP contribution in [-0.4, -0.2) is 16.6 Å². The molecule has 4 nitrogen and oxygen atoms in total. The first-order valence-corrected chi connectivity index (χ1v) is 6.14. The predicted octanol–water partition coefficient (Wildman–Crippen LogP) is 1.90. The van der Waals surface area contributed by atoms with Crippen LogP contribution in [-0.2, 0) is 0 Å². The molecular formula is C13H19N3OS. The molecule has 0 aliphatic heterocycles. The molecule has 0 bridgehead atoms. The Morgan fingerprint density at radius 3 is 2.33 bits per heavy atom. The average Bonchev–Trinajstić information content (AvgIpc) is 2.24. The Morgan fingerprint density at radius 2 is 1.78 bits per heavy atom. The maximum absolute atomic E-state index is 11.9. The minimum absolute atomic E-state index is 0.141. The van der Waals surface area contributed by atoms with Crippen LogP contribution in [0.4, 0.5) is 0 Å². The lowest BCUT2D eigenvalue weighted by Crippen LogP contribution is -2.52. The smallest absolute Gasteiger partial charge is 0.269 e. The summed E-state index contributed by atoms with van der Waals surface area (Å²) in [5.41, 5.74) is 6.66. The molecule has 0 aliphatic carbocycles. The van der Waals surface area contributed by atoms with Crippen molar-refractivity contribution in [2.75, 3.05) is 0 Å². The molecule has 1 aromatic carbocycles. The lowest BCUT2D eigenvalue weighted by Gasteiger charge is -2.23. The number of carbonyl (C=O) groups is 1. The van der Waals surface area contributed by atoms with Crippen molar-refractivity contribution in [3.8, 4) is 0 Å². The third-order valence-corrected chi connectivity index (χ3v) is 2.37. The second kappa shape index (κ2) is 5.82. The Bertz CT molecular complexity index is 452. The highest BCUT2D eigenvalue weighted by molar-refractivity contribution is 7.80. The van der Waals surface area contributed by atoms with Gasteiger partial charge in [-0.2, -0.15) is 0 Å². The number of benzene rings is 1. The Morgan fingerprint density at radius 1 is 1.17 bits per heavy atom. The maximum atomic E-state index is 11.9. The van der Waals surface area contributed by atoms with Crippen LogP contribution in [0.15, 0.2) is 24.3 Å². The van der Waals surface area contributed by atoms with E-state index >= 15 is 0 Å². The van der Waals surface area contributed by atoms with E-state index in [-0.39, 0.29) is 11.4 Å². The van der Waals surface area contributed by atoms with E-state index in [9.17, 15) is 4.79 Å². The minimum atomic E-state index is -0.203. The van der Waals surface area contributed by atoms with Crippen molar-refractivity contribution < 1.29 is 4.79 Å². The van der Waals surface area contributed by atoms with Gasteiger partial charge in [0.25, 0.3) is 5.91 Å². The van der Waals surface area contributed by atoms with Crippen LogP contribution in [0.25, 0.3) is 0 Å². The van der Waals surface area contributed by atoms with E-state index in [1.165, 1.54) is 0 Å². The van der Waals surface area contributed by atoms with Gasteiger partial charge in [-0.1, -0.05) is 18.2 Å². The van der Waals surface area contributed by atoms with E-state index in [1.54, 1.807) is 6.07 Å². The van der Waals surface area contributed by atoms with Crippen LogP contribution in [0.2, 0.25) is 0 Å². The molecule has 0 aliphatic rings. The summed E-state index contributed by atoms with van der Waals surface area (Å²) in [6, 6.07) is 7.38. The van der Waals surface area contributed by atoms with E-state index in [2.05, 4.69) is 16.2 Å². The fourth-order valence-electron chi connectivity index (χ4n) is 1.38. The highest BCUT2D eigenvalue weighted by atomic mass is 32.1. The van der Waals surface area contributed by atoms with Crippen molar-refractivity contribution in [2.45, 2.75) is 33.2 Å². The summed E-state index contributed by atoms with van der Waals surface area (Å²) in [6.45, 7) is 7.86. The Kier molecular flexibility index (Phi) is 4.67. The van der Waals surface area contributed by atoms with Gasteiger partial charge in [-0.15, -0.1) is 0 Å². The molecule has 18 heavy (non-hydrogen) atoms. The van der Waals surface area contributed by atoms with Gasteiger partial charge in [-0.25, -0.2) is 0 Å². The van der Waals surface area contributed by atoms with E-state index in [0.29, 0.717) is 10.7 Å². The molecule has 0 fully saturated rings. The van der Waals surface area contributed by atoms with Crippen LogP contribution < -0.4 is 16.2 Å². The highest BCUT2D eigenvalue weighted by Gasteiger charge is 2.12. The monoisotopic (exact) mass is 265 g/mol. The Hall–Kier alpha value is -1.62. The maximum Gasteiger partial charge on any atom is 0.269 e. The molecule has 1 aromatic rings. The molecule has 98 valence electrons. The quantitative estimate of drug-likeness (QED) is 0.536. The van der Waals surface area contributed by atoms with Gasteiger partial charge in [-0.05, 0) is 51.5 Å². The second-order valence-electron chi connectivity index (χ2n) is 5.10. The van der Waals surface area contributed by atoms with E-state index in [1.807, 2.05) is 45.9 Å². The molecule has 3 N–H and O–H groups in total. The molecular weight excluding hydrogens is 246 g/mol. The summed E-state index contributed by atoms with van der Waals surface area (Å²) in [4.78, 5) is 11.9. The Labute approximate surface area is 113 Å². The lowest BCUT2D eigenvalue weighted by molar-refractivity contribution is 0.0942. The van der Waals surface area contributed by atoms with Gasteiger partial charge in [0.05, 0.1) is 0 Å². The number of hydrogen-bond acceptors (Lipinski definition) is 2.